The first-order valence-electron chi connectivity index (χ1n) is 9.48. The summed E-state index contributed by atoms with van der Waals surface area (Å²) < 4.78 is 48.2. The van der Waals surface area contributed by atoms with Gasteiger partial charge in [-0.2, -0.15) is 13.2 Å². The van der Waals surface area contributed by atoms with Crippen molar-refractivity contribution in [1.82, 2.24) is 15.6 Å². The van der Waals surface area contributed by atoms with Crippen molar-refractivity contribution in [2.24, 2.45) is 10.4 Å². The quantitative estimate of drug-likeness (QED) is 0.220. The summed E-state index contributed by atoms with van der Waals surface area (Å²) >= 11 is 0. The molecule has 10 heteroatoms. The third kappa shape index (κ3) is 8.53. The summed E-state index contributed by atoms with van der Waals surface area (Å²) in [7, 11) is 3.42. The third-order valence-corrected chi connectivity index (χ3v) is 5.06. The lowest BCUT2D eigenvalue weighted by Crippen LogP contribution is -2.44. The van der Waals surface area contributed by atoms with E-state index in [9.17, 15) is 13.2 Å². The van der Waals surface area contributed by atoms with Gasteiger partial charge in [-0.25, -0.2) is 4.98 Å². The van der Waals surface area contributed by atoms with Crippen LogP contribution in [0, 0.1) is 5.41 Å². The second-order valence-corrected chi connectivity index (χ2v) is 7.03. The third-order valence-electron chi connectivity index (χ3n) is 5.06. The van der Waals surface area contributed by atoms with Crippen LogP contribution in [0.4, 0.5) is 13.2 Å². The zero-order chi connectivity index (χ0) is 20.5. The highest BCUT2D eigenvalue weighted by atomic mass is 127. The van der Waals surface area contributed by atoms with Gasteiger partial charge in [0, 0.05) is 39.6 Å². The van der Waals surface area contributed by atoms with Crippen molar-refractivity contribution >= 4 is 29.9 Å². The van der Waals surface area contributed by atoms with Crippen LogP contribution < -0.4 is 15.4 Å². The Bertz CT molecular complexity index is 621. The van der Waals surface area contributed by atoms with E-state index in [1.807, 2.05) is 0 Å². The van der Waals surface area contributed by atoms with Gasteiger partial charge in [0.1, 0.15) is 6.61 Å². The maximum atomic E-state index is 12.5. The summed E-state index contributed by atoms with van der Waals surface area (Å²) in [5.74, 6) is 0.829. The fraction of sp³-hybridized carbons (Fsp3) is 0.684. The molecule has 1 heterocycles. The van der Waals surface area contributed by atoms with Gasteiger partial charge in [0.25, 0.3) is 0 Å². The van der Waals surface area contributed by atoms with Crippen LogP contribution in [0.1, 0.15) is 37.7 Å². The number of nitrogens with one attached hydrogen (secondary N) is 2. The van der Waals surface area contributed by atoms with E-state index in [-0.39, 0.29) is 41.9 Å². The minimum Gasteiger partial charge on any atom is -0.476 e. The number of hydrogen-bond donors (Lipinski definition) is 2. The molecule has 0 bridgehead atoms. The molecule has 0 amide bonds. The largest absolute Gasteiger partial charge is 0.476 e. The lowest BCUT2D eigenvalue weighted by molar-refractivity contribution is -0.137. The van der Waals surface area contributed by atoms with Crippen molar-refractivity contribution in [2.75, 3.05) is 40.5 Å². The highest BCUT2D eigenvalue weighted by molar-refractivity contribution is 14.0. The number of guanidine groups is 1. The van der Waals surface area contributed by atoms with Crippen molar-refractivity contribution in [3.05, 3.63) is 23.9 Å². The Kier molecular flexibility index (Phi) is 11.0. The van der Waals surface area contributed by atoms with Gasteiger partial charge in [-0.3, -0.25) is 4.99 Å². The summed E-state index contributed by atoms with van der Waals surface area (Å²) in [6, 6.07) is 2.17. The molecule has 6 nitrogen and oxygen atoms in total. The zero-order valence-electron chi connectivity index (χ0n) is 16.8. The highest BCUT2D eigenvalue weighted by Gasteiger charge is 2.33. The van der Waals surface area contributed by atoms with Gasteiger partial charge in [0.15, 0.2) is 5.96 Å². The highest BCUT2D eigenvalue weighted by Crippen LogP contribution is 2.40. The molecule has 1 aliphatic carbocycles. The number of aliphatic imine (C=N–C) groups is 1. The average Bonchev–Trinajstić information content (AvgIpc) is 3.14. The minimum absolute atomic E-state index is 0. The van der Waals surface area contributed by atoms with E-state index in [0.29, 0.717) is 12.5 Å². The number of ether oxygens (including phenoxy) is 2. The molecule has 0 atom stereocenters. The summed E-state index contributed by atoms with van der Waals surface area (Å²) in [6.07, 6.45) is 2.24. The Hall–Kier alpha value is -1.30. The molecule has 1 aliphatic rings. The van der Waals surface area contributed by atoms with Gasteiger partial charge in [-0.1, -0.05) is 12.8 Å². The van der Waals surface area contributed by atoms with E-state index in [2.05, 4.69) is 20.6 Å². The van der Waals surface area contributed by atoms with Gasteiger partial charge in [-0.15, -0.1) is 24.0 Å². The van der Waals surface area contributed by atoms with Crippen LogP contribution in [-0.4, -0.2) is 51.4 Å². The van der Waals surface area contributed by atoms with E-state index in [1.54, 1.807) is 14.2 Å². The first kappa shape index (κ1) is 25.7. The molecule has 0 saturated heterocycles. The van der Waals surface area contributed by atoms with Gasteiger partial charge < -0.3 is 20.1 Å². The van der Waals surface area contributed by atoms with Crippen LogP contribution in [0.3, 0.4) is 0 Å². The Labute approximate surface area is 187 Å². The summed E-state index contributed by atoms with van der Waals surface area (Å²) in [4.78, 5) is 7.89. The maximum Gasteiger partial charge on any atom is 0.417 e. The van der Waals surface area contributed by atoms with E-state index in [0.717, 1.165) is 31.8 Å². The van der Waals surface area contributed by atoms with Crippen molar-refractivity contribution in [1.29, 1.82) is 0 Å². The van der Waals surface area contributed by atoms with Crippen molar-refractivity contribution in [3.8, 4) is 5.88 Å². The molecule has 29 heavy (non-hydrogen) atoms. The van der Waals surface area contributed by atoms with Gasteiger partial charge in [-0.05, 0) is 30.7 Å². The Morgan fingerprint density at radius 3 is 2.48 bits per heavy atom. The predicted octanol–water partition coefficient (Wildman–Crippen LogP) is 3.86. The fourth-order valence-corrected chi connectivity index (χ4v) is 3.41. The van der Waals surface area contributed by atoms with Gasteiger partial charge >= 0.3 is 6.18 Å². The Morgan fingerprint density at radius 1 is 1.21 bits per heavy atom. The predicted molar refractivity (Wildman–Crippen MR) is 117 cm³/mol. The fourth-order valence-electron chi connectivity index (χ4n) is 3.41. The molecule has 0 aliphatic heterocycles. The number of alkyl halides is 3. The lowest BCUT2D eigenvalue weighted by atomic mass is 9.83. The molecular weight excluding hydrogens is 500 g/mol. The number of halogens is 4. The van der Waals surface area contributed by atoms with Crippen LogP contribution in [0.25, 0.3) is 0 Å². The first-order chi connectivity index (χ1) is 13.4. The topological polar surface area (TPSA) is 67.8 Å². The molecule has 166 valence electrons. The molecular formula is C19H30F3IN4O2. The van der Waals surface area contributed by atoms with Crippen LogP contribution in [-0.2, 0) is 10.9 Å². The molecule has 1 fully saturated rings. The molecule has 1 aromatic rings. The van der Waals surface area contributed by atoms with E-state index in [4.69, 9.17) is 9.47 Å². The second kappa shape index (κ2) is 12.4. The van der Waals surface area contributed by atoms with Crippen LogP contribution >= 0.6 is 24.0 Å². The van der Waals surface area contributed by atoms with E-state index < -0.39 is 11.7 Å². The summed E-state index contributed by atoms with van der Waals surface area (Å²) in [5, 5.41) is 6.52. The molecule has 1 aromatic heterocycles. The Balaban J connectivity index is 0.00000420. The number of rotatable bonds is 9. The maximum absolute atomic E-state index is 12.5. The molecule has 0 unspecified atom stereocenters. The van der Waals surface area contributed by atoms with Crippen LogP contribution in [0.15, 0.2) is 23.3 Å². The molecule has 2 rings (SSSR count). The molecule has 0 spiro atoms. The van der Waals surface area contributed by atoms with Crippen molar-refractivity contribution < 1.29 is 22.6 Å². The lowest BCUT2D eigenvalue weighted by Gasteiger charge is -2.29. The summed E-state index contributed by atoms with van der Waals surface area (Å²) in [5.41, 5.74) is -0.550. The zero-order valence-corrected chi connectivity index (χ0v) is 19.2. The van der Waals surface area contributed by atoms with Crippen molar-refractivity contribution in [2.45, 2.75) is 38.3 Å². The number of hydrogen-bond acceptors (Lipinski definition) is 4. The Morgan fingerprint density at radius 2 is 1.93 bits per heavy atom. The first-order valence-corrected chi connectivity index (χ1v) is 9.48. The van der Waals surface area contributed by atoms with E-state index in [1.165, 1.54) is 31.7 Å². The number of pyridine rings is 1. The van der Waals surface area contributed by atoms with E-state index >= 15 is 0 Å². The molecule has 0 aromatic carbocycles. The second-order valence-electron chi connectivity index (χ2n) is 7.03. The molecule has 1 saturated carbocycles. The normalized spacial score (nSPS) is 16.2. The van der Waals surface area contributed by atoms with Crippen LogP contribution in [0.5, 0.6) is 5.88 Å². The number of methoxy groups -OCH3 is 1. The SMILES string of the molecule is CN=C(NCCOc1ccc(C(F)(F)F)cn1)NCC1(CCOC)CCCC1.I. The number of nitrogens with zero attached hydrogens (tertiary/aromatic N) is 2. The molecule has 2 N–H and O–H groups in total. The average molecular weight is 530 g/mol. The van der Waals surface area contributed by atoms with Crippen LogP contribution in [0.2, 0.25) is 0 Å². The van der Waals surface area contributed by atoms with Gasteiger partial charge in [0.2, 0.25) is 5.88 Å². The minimum atomic E-state index is -4.40. The molecule has 0 radical (unpaired) electrons. The standard InChI is InChI=1S/C19H29F3N4O2.HI/c1-23-17(26-14-18(9-11-27-2)7-3-4-8-18)24-10-12-28-16-6-5-15(13-25-16)19(20,21)22;/h5-6,13H,3-4,7-12,14H2,1-2H3,(H2,23,24,26);1H. The van der Waals surface area contributed by atoms with Gasteiger partial charge in [0.05, 0.1) is 12.1 Å². The smallest absolute Gasteiger partial charge is 0.417 e. The number of aromatic nitrogens is 1. The van der Waals surface area contributed by atoms with Crippen molar-refractivity contribution in [3.63, 3.8) is 0 Å². The summed E-state index contributed by atoms with van der Waals surface area (Å²) in [6.45, 7) is 2.29. The monoisotopic (exact) mass is 530 g/mol.